The molecule has 0 fully saturated rings. The van der Waals surface area contributed by atoms with Crippen molar-refractivity contribution in [2.24, 2.45) is 10.7 Å². The van der Waals surface area contributed by atoms with E-state index in [2.05, 4.69) is 26.7 Å². The number of guanidine groups is 1. The van der Waals surface area contributed by atoms with E-state index >= 15 is 0 Å². The number of pyridine rings is 1. The number of nitrogens with one attached hydrogen (secondary N) is 1. The Morgan fingerprint density at radius 2 is 2.35 bits per heavy atom. The van der Waals surface area contributed by atoms with Crippen LogP contribution >= 0.6 is 11.3 Å². The molecule has 20 heavy (non-hydrogen) atoms. The summed E-state index contributed by atoms with van der Waals surface area (Å²) in [6.07, 6.45) is 2.69. The number of nitrogens with two attached hydrogens (primary N) is 1. The Morgan fingerprint density at radius 1 is 1.45 bits per heavy atom. The third kappa shape index (κ3) is 4.55. The predicted octanol–water partition coefficient (Wildman–Crippen LogP) is 1.80. The molecule has 0 aromatic carbocycles. The van der Waals surface area contributed by atoms with Crippen LogP contribution in [0.1, 0.15) is 10.4 Å². The Hall–Kier alpha value is -2.08. The van der Waals surface area contributed by atoms with Crippen molar-refractivity contribution in [3.05, 3.63) is 46.3 Å². The molecule has 0 aliphatic carbocycles. The van der Waals surface area contributed by atoms with Crippen molar-refractivity contribution < 1.29 is 4.74 Å². The maximum atomic E-state index is 5.81. The number of methoxy groups -OCH3 is 1. The first kappa shape index (κ1) is 14.3. The summed E-state index contributed by atoms with van der Waals surface area (Å²) in [6, 6.07) is 7.90. The second-order valence-electron chi connectivity index (χ2n) is 4.17. The number of aliphatic imine (C=N–C) groups is 1. The van der Waals surface area contributed by atoms with Crippen LogP contribution in [-0.4, -0.2) is 24.6 Å². The number of hydrogen-bond acceptors (Lipinski definition) is 4. The highest BCUT2D eigenvalue weighted by atomic mass is 32.1. The van der Waals surface area contributed by atoms with Gasteiger partial charge in [-0.25, -0.2) is 9.98 Å². The second kappa shape index (κ2) is 7.49. The molecular weight excluding hydrogens is 272 g/mol. The molecule has 0 saturated heterocycles. The Bertz CT molecular complexity index is 537. The highest BCUT2D eigenvalue weighted by Crippen LogP contribution is 2.08. The van der Waals surface area contributed by atoms with Gasteiger partial charge in [0.15, 0.2) is 5.96 Å². The van der Waals surface area contributed by atoms with Gasteiger partial charge in [-0.1, -0.05) is 12.1 Å². The lowest BCUT2D eigenvalue weighted by molar-refractivity contribution is 0.397. The normalized spacial score (nSPS) is 11.3. The van der Waals surface area contributed by atoms with E-state index in [1.807, 2.05) is 18.2 Å². The largest absolute Gasteiger partial charge is 0.481 e. The van der Waals surface area contributed by atoms with Crippen LogP contribution in [0.15, 0.2) is 40.8 Å². The summed E-state index contributed by atoms with van der Waals surface area (Å²) in [5.41, 5.74) is 6.81. The van der Waals surface area contributed by atoms with Gasteiger partial charge >= 0.3 is 0 Å². The topological polar surface area (TPSA) is 72.5 Å². The summed E-state index contributed by atoms with van der Waals surface area (Å²) < 4.78 is 5.00. The highest BCUT2D eigenvalue weighted by molar-refractivity contribution is 7.09. The van der Waals surface area contributed by atoms with Crippen LogP contribution in [0, 0.1) is 0 Å². The minimum Gasteiger partial charge on any atom is -0.481 e. The van der Waals surface area contributed by atoms with E-state index in [4.69, 9.17) is 10.5 Å². The van der Waals surface area contributed by atoms with Gasteiger partial charge < -0.3 is 15.8 Å². The van der Waals surface area contributed by atoms with Crippen molar-refractivity contribution in [2.75, 3.05) is 13.7 Å². The lowest BCUT2D eigenvalue weighted by atomic mass is 10.3. The molecule has 2 rings (SSSR count). The van der Waals surface area contributed by atoms with Gasteiger partial charge in [0.1, 0.15) is 0 Å². The van der Waals surface area contributed by atoms with Crippen molar-refractivity contribution >= 4 is 17.3 Å². The third-order valence-corrected chi connectivity index (χ3v) is 3.63. The van der Waals surface area contributed by atoms with Crippen LogP contribution in [0.5, 0.6) is 5.88 Å². The van der Waals surface area contributed by atoms with Gasteiger partial charge in [-0.15, -0.1) is 11.3 Å². The lowest BCUT2D eigenvalue weighted by Gasteiger charge is -2.05. The van der Waals surface area contributed by atoms with Crippen molar-refractivity contribution in [2.45, 2.75) is 13.0 Å². The highest BCUT2D eigenvalue weighted by Gasteiger charge is 1.97. The van der Waals surface area contributed by atoms with Crippen molar-refractivity contribution in [3.63, 3.8) is 0 Å². The molecule has 106 valence electrons. The number of nitrogens with zero attached hydrogens (tertiary/aromatic N) is 2. The summed E-state index contributed by atoms with van der Waals surface area (Å²) in [4.78, 5) is 9.73. The van der Waals surface area contributed by atoms with E-state index in [0.29, 0.717) is 18.4 Å². The molecule has 0 unspecified atom stereocenters. The van der Waals surface area contributed by atoms with Gasteiger partial charge in [0, 0.05) is 23.7 Å². The molecule has 0 bridgehead atoms. The number of thiophene rings is 1. The number of ether oxygens (including phenoxy) is 1. The Kier molecular flexibility index (Phi) is 5.37. The first-order valence-electron chi connectivity index (χ1n) is 6.33. The molecule has 5 nitrogen and oxygen atoms in total. The van der Waals surface area contributed by atoms with Gasteiger partial charge in [-0.2, -0.15) is 0 Å². The molecule has 2 aromatic rings. The monoisotopic (exact) mass is 290 g/mol. The summed E-state index contributed by atoms with van der Waals surface area (Å²) in [5, 5.41) is 5.18. The van der Waals surface area contributed by atoms with Crippen LogP contribution in [0.3, 0.4) is 0 Å². The fraction of sp³-hybridized carbons (Fsp3) is 0.286. The Morgan fingerprint density at radius 3 is 3.00 bits per heavy atom. The Labute approximate surface area is 122 Å². The zero-order valence-electron chi connectivity index (χ0n) is 11.4. The Balaban J connectivity index is 1.75. The summed E-state index contributed by atoms with van der Waals surface area (Å²) in [7, 11) is 1.59. The standard InChI is InChI=1S/C14H18N4OS/c1-19-13-5-4-11(9-17-13)10-18-14(15)16-7-6-12-3-2-8-20-12/h2-5,8-9H,6-7,10H2,1H3,(H3,15,16,18). The smallest absolute Gasteiger partial charge is 0.212 e. The van der Waals surface area contributed by atoms with Crippen molar-refractivity contribution in [3.8, 4) is 5.88 Å². The molecule has 0 saturated carbocycles. The van der Waals surface area contributed by atoms with Crippen molar-refractivity contribution in [1.29, 1.82) is 0 Å². The maximum Gasteiger partial charge on any atom is 0.212 e. The van der Waals surface area contributed by atoms with Gasteiger partial charge in [0.2, 0.25) is 5.88 Å². The van der Waals surface area contributed by atoms with E-state index in [0.717, 1.165) is 18.5 Å². The van der Waals surface area contributed by atoms with Crippen LogP contribution < -0.4 is 15.8 Å². The van der Waals surface area contributed by atoms with Gasteiger partial charge in [-0.05, 0) is 23.4 Å². The quantitative estimate of drug-likeness (QED) is 0.628. The molecule has 2 aromatic heterocycles. The molecule has 0 aliphatic heterocycles. The molecule has 0 aliphatic rings. The minimum absolute atomic E-state index is 0.456. The predicted molar refractivity (Wildman–Crippen MR) is 82.1 cm³/mol. The average Bonchev–Trinajstić information content (AvgIpc) is 2.99. The first-order valence-corrected chi connectivity index (χ1v) is 7.21. The summed E-state index contributed by atoms with van der Waals surface area (Å²) in [6.45, 7) is 1.30. The number of hydrogen-bond donors (Lipinski definition) is 2. The van der Waals surface area contributed by atoms with Crippen LogP contribution in [-0.2, 0) is 13.0 Å². The SMILES string of the molecule is COc1ccc(CN=C(N)NCCc2cccs2)cn1. The van der Waals surface area contributed by atoms with Gasteiger partial charge in [0.25, 0.3) is 0 Å². The lowest BCUT2D eigenvalue weighted by Crippen LogP contribution is -2.33. The summed E-state index contributed by atoms with van der Waals surface area (Å²) >= 11 is 1.75. The van der Waals surface area contributed by atoms with E-state index in [1.54, 1.807) is 24.6 Å². The molecule has 0 atom stereocenters. The van der Waals surface area contributed by atoms with Gasteiger partial charge in [-0.3, -0.25) is 0 Å². The maximum absolute atomic E-state index is 5.81. The third-order valence-electron chi connectivity index (χ3n) is 2.70. The molecule has 3 N–H and O–H groups in total. The van der Waals surface area contributed by atoms with Crippen LogP contribution in [0.4, 0.5) is 0 Å². The molecule has 2 heterocycles. The molecule has 0 spiro atoms. The number of aromatic nitrogens is 1. The second-order valence-corrected chi connectivity index (χ2v) is 5.20. The van der Waals surface area contributed by atoms with E-state index in [-0.39, 0.29) is 0 Å². The van der Waals surface area contributed by atoms with E-state index in [1.165, 1.54) is 4.88 Å². The molecule has 6 heteroatoms. The van der Waals surface area contributed by atoms with Crippen LogP contribution in [0.25, 0.3) is 0 Å². The average molecular weight is 290 g/mol. The zero-order valence-corrected chi connectivity index (χ0v) is 12.2. The zero-order chi connectivity index (χ0) is 14.2. The molecule has 0 radical (unpaired) electrons. The number of rotatable bonds is 6. The first-order chi connectivity index (χ1) is 9.78. The van der Waals surface area contributed by atoms with Crippen molar-refractivity contribution in [1.82, 2.24) is 10.3 Å². The summed E-state index contributed by atoms with van der Waals surface area (Å²) in [5.74, 6) is 1.05. The molecular formula is C14H18N4OS. The van der Waals surface area contributed by atoms with E-state index < -0.39 is 0 Å². The van der Waals surface area contributed by atoms with Gasteiger partial charge in [0.05, 0.1) is 13.7 Å². The fourth-order valence-corrected chi connectivity index (χ4v) is 2.34. The molecule has 0 amide bonds. The van der Waals surface area contributed by atoms with Crippen LogP contribution in [0.2, 0.25) is 0 Å². The fourth-order valence-electron chi connectivity index (χ4n) is 1.63. The van der Waals surface area contributed by atoms with E-state index in [9.17, 15) is 0 Å². The minimum atomic E-state index is 0.456.